The minimum Gasteiger partial charge on any atom is -0.376 e. The Bertz CT molecular complexity index is 75.5. The van der Waals surface area contributed by atoms with Gasteiger partial charge >= 0.3 is 0 Å². The molecule has 0 amide bonds. The number of hydrogen-bond donors (Lipinski definition) is 2. The third-order valence-electron chi connectivity index (χ3n) is 1.46. The van der Waals surface area contributed by atoms with Gasteiger partial charge in [-0.25, -0.2) is 0 Å². The molecule has 56 valence electrons. The highest BCUT2D eigenvalue weighted by molar-refractivity contribution is 4.66. The summed E-state index contributed by atoms with van der Waals surface area (Å²) in [6.45, 7) is 5.82. The molecule has 0 aliphatic carbocycles. The Morgan fingerprint density at radius 3 is 2.22 bits per heavy atom. The lowest BCUT2D eigenvalue weighted by molar-refractivity contribution is 0.0422. The second-order valence-electron chi connectivity index (χ2n) is 3.07. The first kappa shape index (κ1) is 8.92. The predicted molar refractivity (Wildman–Crippen MR) is 38.9 cm³/mol. The van der Waals surface area contributed by atoms with Crippen LogP contribution in [0.2, 0.25) is 0 Å². The molecule has 0 heterocycles. The molecule has 0 bridgehead atoms. The van der Waals surface area contributed by atoms with E-state index in [9.17, 15) is 0 Å². The zero-order valence-corrected chi connectivity index (χ0v) is 6.52. The smallest absolute Gasteiger partial charge is 0.110 e. The van der Waals surface area contributed by atoms with Crippen molar-refractivity contribution in [2.75, 3.05) is 0 Å². The molecule has 0 saturated heterocycles. The molecule has 0 aromatic carbocycles. The van der Waals surface area contributed by atoms with Crippen LogP contribution < -0.4 is 5.73 Å². The van der Waals surface area contributed by atoms with E-state index < -0.39 is 5.72 Å². The van der Waals surface area contributed by atoms with Crippen LogP contribution in [-0.2, 0) is 0 Å². The van der Waals surface area contributed by atoms with Crippen LogP contribution >= 0.6 is 0 Å². The average molecular weight is 131 g/mol. The topological polar surface area (TPSA) is 46.2 Å². The second-order valence-corrected chi connectivity index (χ2v) is 3.07. The van der Waals surface area contributed by atoms with Gasteiger partial charge in [-0.15, -0.1) is 0 Å². The molecule has 2 atom stereocenters. The molecule has 0 saturated carbocycles. The molecule has 1 unspecified atom stereocenters. The molecule has 0 radical (unpaired) electrons. The Hall–Kier alpha value is -0.0800. The van der Waals surface area contributed by atoms with E-state index in [-0.39, 0.29) is 0 Å². The average Bonchev–Trinajstić information content (AvgIpc) is 1.62. The summed E-state index contributed by atoms with van der Waals surface area (Å²) in [6, 6.07) is 0. The van der Waals surface area contributed by atoms with E-state index in [2.05, 4.69) is 13.8 Å². The Morgan fingerprint density at radius 1 is 1.67 bits per heavy atom. The van der Waals surface area contributed by atoms with E-state index in [1.165, 1.54) is 0 Å². The van der Waals surface area contributed by atoms with Crippen LogP contribution in [0.3, 0.4) is 0 Å². The third kappa shape index (κ3) is 5.80. The summed E-state index contributed by atoms with van der Waals surface area (Å²) in [5, 5.41) is 9.10. The summed E-state index contributed by atoms with van der Waals surface area (Å²) in [7, 11) is 0. The van der Waals surface area contributed by atoms with Gasteiger partial charge in [-0.2, -0.15) is 0 Å². The summed E-state index contributed by atoms with van der Waals surface area (Å²) in [6.07, 6.45) is 1.76. The maximum absolute atomic E-state index is 9.10. The molecule has 0 spiro atoms. The van der Waals surface area contributed by atoms with Crippen molar-refractivity contribution in [3.8, 4) is 0 Å². The molecule has 9 heavy (non-hydrogen) atoms. The number of hydrogen-bond acceptors (Lipinski definition) is 2. The lowest BCUT2D eigenvalue weighted by atomic mass is 9.98. The zero-order chi connectivity index (χ0) is 7.49. The Kier molecular flexibility index (Phi) is 3.15. The van der Waals surface area contributed by atoms with Gasteiger partial charge in [0.05, 0.1) is 0 Å². The SMILES string of the molecule is CC[C@H](C)CC(C)(N)O. The summed E-state index contributed by atoms with van der Waals surface area (Å²) >= 11 is 0. The van der Waals surface area contributed by atoms with Gasteiger partial charge in [0.2, 0.25) is 0 Å². The van der Waals surface area contributed by atoms with Crippen molar-refractivity contribution < 1.29 is 5.11 Å². The van der Waals surface area contributed by atoms with Crippen LogP contribution in [-0.4, -0.2) is 10.8 Å². The van der Waals surface area contributed by atoms with E-state index in [1.807, 2.05) is 0 Å². The van der Waals surface area contributed by atoms with Crippen molar-refractivity contribution in [3.05, 3.63) is 0 Å². The van der Waals surface area contributed by atoms with Crippen molar-refractivity contribution in [1.82, 2.24) is 0 Å². The molecule has 0 aromatic heterocycles. The highest BCUT2D eigenvalue weighted by atomic mass is 16.3. The van der Waals surface area contributed by atoms with Crippen LogP contribution in [0.4, 0.5) is 0 Å². The van der Waals surface area contributed by atoms with Crippen LogP contribution in [0.25, 0.3) is 0 Å². The number of aliphatic hydroxyl groups is 1. The fraction of sp³-hybridized carbons (Fsp3) is 1.00. The van der Waals surface area contributed by atoms with Gasteiger partial charge in [-0.05, 0) is 19.3 Å². The van der Waals surface area contributed by atoms with Crippen molar-refractivity contribution in [2.45, 2.75) is 39.3 Å². The second kappa shape index (κ2) is 3.18. The fourth-order valence-corrected chi connectivity index (χ4v) is 0.850. The van der Waals surface area contributed by atoms with E-state index in [0.29, 0.717) is 12.3 Å². The standard InChI is InChI=1S/C7H17NO/c1-4-6(2)5-7(3,8)9/h6,9H,4-5,8H2,1-3H3/t6-,7?/m0/s1. The molecule has 0 fully saturated rings. The first-order valence-corrected chi connectivity index (χ1v) is 3.47. The van der Waals surface area contributed by atoms with Gasteiger partial charge < -0.3 is 10.8 Å². The molecular formula is C7H17NO. The zero-order valence-electron chi connectivity index (χ0n) is 6.52. The fourth-order valence-electron chi connectivity index (χ4n) is 0.850. The van der Waals surface area contributed by atoms with Crippen LogP contribution in [0.1, 0.15) is 33.6 Å². The lowest BCUT2D eigenvalue weighted by Gasteiger charge is -2.20. The van der Waals surface area contributed by atoms with Crippen molar-refractivity contribution >= 4 is 0 Å². The molecule has 2 nitrogen and oxygen atoms in total. The predicted octanol–water partition coefficient (Wildman–Crippen LogP) is 1.09. The Balaban J connectivity index is 3.47. The quantitative estimate of drug-likeness (QED) is 0.563. The third-order valence-corrected chi connectivity index (χ3v) is 1.46. The maximum Gasteiger partial charge on any atom is 0.110 e. The van der Waals surface area contributed by atoms with Gasteiger partial charge in [0.15, 0.2) is 0 Å². The van der Waals surface area contributed by atoms with Crippen molar-refractivity contribution in [3.63, 3.8) is 0 Å². The van der Waals surface area contributed by atoms with Gasteiger partial charge in [-0.1, -0.05) is 20.3 Å². The molecule has 0 aliphatic rings. The van der Waals surface area contributed by atoms with E-state index in [4.69, 9.17) is 10.8 Å². The first-order valence-electron chi connectivity index (χ1n) is 3.47. The molecule has 0 aromatic rings. The molecule has 2 heteroatoms. The number of nitrogens with two attached hydrogens (primary N) is 1. The summed E-state index contributed by atoms with van der Waals surface area (Å²) in [5.41, 5.74) is 4.39. The monoisotopic (exact) mass is 131 g/mol. The van der Waals surface area contributed by atoms with Gasteiger partial charge in [0, 0.05) is 0 Å². The molecule has 3 N–H and O–H groups in total. The molecular weight excluding hydrogens is 114 g/mol. The van der Waals surface area contributed by atoms with E-state index in [1.54, 1.807) is 6.92 Å². The molecule has 0 aliphatic heterocycles. The Labute approximate surface area is 57.1 Å². The maximum atomic E-state index is 9.10. The van der Waals surface area contributed by atoms with E-state index in [0.717, 1.165) is 6.42 Å². The largest absolute Gasteiger partial charge is 0.376 e. The highest BCUT2D eigenvalue weighted by Crippen LogP contribution is 2.13. The lowest BCUT2D eigenvalue weighted by Crippen LogP contribution is -2.37. The number of rotatable bonds is 3. The van der Waals surface area contributed by atoms with E-state index >= 15 is 0 Å². The summed E-state index contributed by atoms with van der Waals surface area (Å²) < 4.78 is 0. The normalized spacial score (nSPS) is 21.0. The highest BCUT2D eigenvalue weighted by Gasteiger charge is 2.15. The van der Waals surface area contributed by atoms with Gasteiger partial charge in [0.1, 0.15) is 5.72 Å². The van der Waals surface area contributed by atoms with Gasteiger partial charge in [0.25, 0.3) is 0 Å². The minimum atomic E-state index is -0.977. The van der Waals surface area contributed by atoms with Crippen molar-refractivity contribution in [2.24, 2.45) is 11.7 Å². The van der Waals surface area contributed by atoms with Crippen LogP contribution in [0.15, 0.2) is 0 Å². The first-order chi connectivity index (χ1) is 3.95. The van der Waals surface area contributed by atoms with Gasteiger partial charge in [-0.3, -0.25) is 0 Å². The Morgan fingerprint density at radius 2 is 2.11 bits per heavy atom. The molecule has 0 rings (SSSR count). The summed E-state index contributed by atoms with van der Waals surface area (Å²) in [4.78, 5) is 0. The summed E-state index contributed by atoms with van der Waals surface area (Å²) in [5.74, 6) is 0.519. The van der Waals surface area contributed by atoms with Crippen LogP contribution in [0.5, 0.6) is 0 Å². The minimum absolute atomic E-state index is 0.519. The van der Waals surface area contributed by atoms with Crippen LogP contribution in [0, 0.1) is 5.92 Å². The van der Waals surface area contributed by atoms with Crippen molar-refractivity contribution in [1.29, 1.82) is 0 Å².